The summed E-state index contributed by atoms with van der Waals surface area (Å²) in [6, 6.07) is 5.83. The van der Waals surface area contributed by atoms with Gasteiger partial charge in [-0.3, -0.25) is 5.10 Å². The molecule has 3 N–H and O–H groups in total. The molecule has 0 aliphatic carbocycles. The van der Waals surface area contributed by atoms with Gasteiger partial charge in [0.2, 0.25) is 0 Å². The zero-order chi connectivity index (χ0) is 14.2. The molecule has 0 aliphatic heterocycles. The van der Waals surface area contributed by atoms with E-state index in [9.17, 15) is 0 Å². The van der Waals surface area contributed by atoms with Gasteiger partial charge in [0.1, 0.15) is 22.6 Å². The molecule has 7 nitrogen and oxygen atoms in total. The Morgan fingerprint density at radius 1 is 1.19 bits per heavy atom. The lowest BCUT2D eigenvalue weighted by Gasteiger charge is -2.09. The molecule has 0 saturated heterocycles. The second-order valence-corrected chi connectivity index (χ2v) is 4.57. The van der Waals surface area contributed by atoms with E-state index in [1.165, 1.54) is 0 Å². The SMILES string of the molecule is COc1cccc2c1nc(Nc1cnc[nH]1)c1[nH]ncc12. The highest BCUT2D eigenvalue weighted by molar-refractivity contribution is 6.10. The molecule has 0 fully saturated rings. The molecule has 0 atom stereocenters. The first-order valence-electron chi connectivity index (χ1n) is 6.42. The van der Waals surface area contributed by atoms with E-state index in [-0.39, 0.29) is 0 Å². The Kier molecular flexibility index (Phi) is 2.50. The van der Waals surface area contributed by atoms with Crippen LogP contribution in [0.3, 0.4) is 0 Å². The third-order valence-corrected chi connectivity index (χ3v) is 3.36. The molecular weight excluding hydrogens is 268 g/mol. The fraction of sp³-hybridized carbons (Fsp3) is 0.0714. The van der Waals surface area contributed by atoms with Crippen LogP contribution in [0, 0.1) is 0 Å². The molecule has 0 bridgehead atoms. The van der Waals surface area contributed by atoms with E-state index in [1.54, 1.807) is 25.8 Å². The van der Waals surface area contributed by atoms with Gasteiger partial charge < -0.3 is 15.0 Å². The van der Waals surface area contributed by atoms with Gasteiger partial charge >= 0.3 is 0 Å². The van der Waals surface area contributed by atoms with E-state index in [2.05, 4.69) is 30.5 Å². The molecule has 0 amide bonds. The molecule has 3 aromatic heterocycles. The molecule has 4 aromatic rings. The third-order valence-electron chi connectivity index (χ3n) is 3.36. The van der Waals surface area contributed by atoms with Crippen LogP contribution < -0.4 is 10.1 Å². The first kappa shape index (κ1) is 11.7. The van der Waals surface area contributed by atoms with E-state index in [0.717, 1.165) is 33.4 Å². The van der Waals surface area contributed by atoms with Gasteiger partial charge in [-0.05, 0) is 6.07 Å². The van der Waals surface area contributed by atoms with Crippen LogP contribution in [0.1, 0.15) is 0 Å². The zero-order valence-corrected chi connectivity index (χ0v) is 11.2. The fourth-order valence-electron chi connectivity index (χ4n) is 2.40. The number of nitrogens with one attached hydrogen (secondary N) is 3. The minimum Gasteiger partial charge on any atom is -0.494 e. The number of ether oxygens (including phenoxy) is 1. The lowest BCUT2D eigenvalue weighted by Crippen LogP contribution is -1.97. The molecular formula is C14H12N6O. The lowest BCUT2D eigenvalue weighted by atomic mass is 10.1. The Hall–Kier alpha value is -3.09. The summed E-state index contributed by atoms with van der Waals surface area (Å²) in [7, 11) is 1.64. The predicted molar refractivity (Wildman–Crippen MR) is 79.8 cm³/mol. The van der Waals surface area contributed by atoms with Crippen molar-refractivity contribution >= 4 is 33.4 Å². The molecule has 104 valence electrons. The van der Waals surface area contributed by atoms with Gasteiger partial charge in [-0.1, -0.05) is 12.1 Å². The maximum atomic E-state index is 5.40. The van der Waals surface area contributed by atoms with Gasteiger partial charge in [0.05, 0.1) is 25.8 Å². The monoisotopic (exact) mass is 280 g/mol. The number of benzene rings is 1. The van der Waals surface area contributed by atoms with Crippen molar-refractivity contribution in [3.8, 4) is 5.75 Å². The number of hydrogen-bond donors (Lipinski definition) is 3. The molecule has 0 saturated carbocycles. The summed E-state index contributed by atoms with van der Waals surface area (Å²) in [6.45, 7) is 0. The number of anilines is 2. The molecule has 4 rings (SSSR count). The number of imidazole rings is 1. The van der Waals surface area contributed by atoms with Crippen molar-refractivity contribution in [2.75, 3.05) is 12.4 Å². The minimum atomic E-state index is 0.670. The predicted octanol–water partition coefficient (Wildman–Crippen LogP) is 2.59. The Bertz CT molecular complexity index is 912. The summed E-state index contributed by atoms with van der Waals surface area (Å²) in [5.41, 5.74) is 1.63. The summed E-state index contributed by atoms with van der Waals surface area (Å²) in [5.74, 6) is 2.15. The van der Waals surface area contributed by atoms with Crippen LogP contribution in [-0.2, 0) is 0 Å². The molecule has 3 heterocycles. The van der Waals surface area contributed by atoms with Crippen molar-refractivity contribution in [3.05, 3.63) is 36.9 Å². The largest absolute Gasteiger partial charge is 0.494 e. The van der Waals surface area contributed by atoms with Crippen LogP contribution in [0.15, 0.2) is 36.9 Å². The zero-order valence-electron chi connectivity index (χ0n) is 11.2. The number of pyridine rings is 1. The average Bonchev–Trinajstić information content (AvgIpc) is 3.18. The molecule has 0 radical (unpaired) electrons. The van der Waals surface area contributed by atoms with Crippen molar-refractivity contribution in [1.82, 2.24) is 25.1 Å². The molecule has 1 aromatic carbocycles. The van der Waals surface area contributed by atoms with Gasteiger partial charge in [0.15, 0.2) is 5.82 Å². The summed E-state index contributed by atoms with van der Waals surface area (Å²) >= 11 is 0. The smallest absolute Gasteiger partial charge is 0.158 e. The maximum Gasteiger partial charge on any atom is 0.158 e. The highest BCUT2D eigenvalue weighted by Gasteiger charge is 2.13. The van der Waals surface area contributed by atoms with E-state index in [0.29, 0.717) is 5.82 Å². The number of H-pyrrole nitrogens is 2. The molecule has 21 heavy (non-hydrogen) atoms. The molecule has 0 unspecified atom stereocenters. The normalized spacial score (nSPS) is 11.1. The average molecular weight is 280 g/mol. The fourth-order valence-corrected chi connectivity index (χ4v) is 2.40. The van der Waals surface area contributed by atoms with Crippen LogP contribution in [0.5, 0.6) is 5.75 Å². The number of aromatic nitrogens is 5. The lowest BCUT2D eigenvalue weighted by molar-refractivity contribution is 0.419. The number of para-hydroxylation sites is 1. The second kappa shape index (κ2) is 4.48. The molecule has 7 heteroatoms. The number of methoxy groups -OCH3 is 1. The Balaban J connectivity index is 2.01. The highest BCUT2D eigenvalue weighted by atomic mass is 16.5. The van der Waals surface area contributed by atoms with Crippen molar-refractivity contribution in [2.45, 2.75) is 0 Å². The summed E-state index contributed by atoms with van der Waals surface area (Å²) < 4.78 is 5.40. The minimum absolute atomic E-state index is 0.670. The van der Waals surface area contributed by atoms with Gasteiger partial charge in [-0.15, -0.1) is 0 Å². The van der Waals surface area contributed by atoms with Crippen molar-refractivity contribution in [2.24, 2.45) is 0 Å². The standard InChI is InChI=1S/C14H12N6O/c1-21-10-4-2-3-8-9-5-17-20-13(9)14(19-12(8)10)18-11-6-15-7-16-11/h2-7H,1H3,(H,15,16)(H,17,20)(H,18,19). The van der Waals surface area contributed by atoms with E-state index in [4.69, 9.17) is 4.74 Å². The summed E-state index contributed by atoms with van der Waals surface area (Å²) in [5, 5.41) is 12.3. The first-order valence-corrected chi connectivity index (χ1v) is 6.42. The Morgan fingerprint density at radius 3 is 2.95 bits per heavy atom. The number of aromatic amines is 2. The maximum absolute atomic E-state index is 5.40. The van der Waals surface area contributed by atoms with Gasteiger partial charge in [-0.2, -0.15) is 5.10 Å². The van der Waals surface area contributed by atoms with Gasteiger partial charge in [-0.25, -0.2) is 9.97 Å². The number of rotatable bonds is 3. The summed E-state index contributed by atoms with van der Waals surface area (Å²) in [4.78, 5) is 11.6. The van der Waals surface area contributed by atoms with E-state index >= 15 is 0 Å². The number of hydrogen-bond acceptors (Lipinski definition) is 5. The second-order valence-electron chi connectivity index (χ2n) is 4.57. The number of fused-ring (bicyclic) bond motifs is 3. The van der Waals surface area contributed by atoms with Crippen LogP contribution in [-0.4, -0.2) is 32.3 Å². The van der Waals surface area contributed by atoms with Crippen LogP contribution in [0.4, 0.5) is 11.6 Å². The topological polar surface area (TPSA) is 91.5 Å². The Morgan fingerprint density at radius 2 is 2.14 bits per heavy atom. The van der Waals surface area contributed by atoms with Crippen LogP contribution in [0.25, 0.3) is 21.8 Å². The van der Waals surface area contributed by atoms with Crippen molar-refractivity contribution in [3.63, 3.8) is 0 Å². The van der Waals surface area contributed by atoms with Crippen molar-refractivity contribution < 1.29 is 4.74 Å². The quantitative estimate of drug-likeness (QED) is 0.536. The highest BCUT2D eigenvalue weighted by Crippen LogP contribution is 2.33. The molecule has 0 spiro atoms. The number of nitrogens with zero attached hydrogens (tertiary/aromatic N) is 3. The van der Waals surface area contributed by atoms with Crippen LogP contribution in [0.2, 0.25) is 0 Å². The van der Waals surface area contributed by atoms with E-state index < -0.39 is 0 Å². The third kappa shape index (κ3) is 1.78. The Labute approximate surface area is 119 Å². The summed E-state index contributed by atoms with van der Waals surface area (Å²) in [6.07, 6.45) is 5.08. The van der Waals surface area contributed by atoms with Crippen molar-refractivity contribution in [1.29, 1.82) is 0 Å². The van der Waals surface area contributed by atoms with E-state index in [1.807, 2.05) is 18.2 Å². The van der Waals surface area contributed by atoms with Gasteiger partial charge in [0, 0.05) is 10.8 Å². The van der Waals surface area contributed by atoms with Gasteiger partial charge in [0.25, 0.3) is 0 Å². The molecule has 0 aliphatic rings. The van der Waals surface area contributed by atoms with Crippen LogP contribution >= 0.6 is 0 Å². The first-order chi connectivity index (χ1) is 10.4.